The molecule has 0 aromatic heterocycles. The average Bonchev–Trinajstić information content (AvgIpc) is 3.12. The van der Waals surface area contributed by atoms with Crippen molar-refractivity contribution in [3.8, 4) is 0 Å². The minimum absolute atomic E-state index is 1.09. The van der Waals surface area contributed by atoms with Gasteiger partial charge in [0.05, 0.1) is 0 Å². The Bertz CT molecular complexity index is 805. The van der Waals surface area contributed by atoms with Crippen molar-refractivity contribution in [2.45, 2.75) is 227 Å². The fourth-order valence-corrected chi connectivity index (χ4v) is 30.4. The third kappa shape index (κ3) is 6.31. The number of hydrogen-bond donors (Lipinski definition) is 0. The van der Waals surface area contributed by atoms with Gasteiger partial charge in [-0.15, -0.1) is 0 Å². The summed E-state index contributed by atoms with van der Waals surface area (Å²) < 4.78 is 0. The van der Waals surface area contributed by atoms with Crippen molar-refractivity contribution < 1.29 is 0 Å². The van der Waals surface area contributed by atoms with Crippen molar-refractivity contribution in [2.75, 3.05) is 0 Å². The summed E-state index contributed by atoms with van der Waals surface area (Å²) in [4.78, 5) is 0. The second kappa shape index (κ2) is 15.5. The van der Waals surface area contributed by atoms with Gasteiger partial charge < -0.3 is 0 Å². The topological polar surface area (TPSA) is 0 Å². The SMILES string of the molecule is c1cc([PH](C2CCCCC2)(C2CCCCC2)C2CCCCC2)ccc1[PH](C1CCCCC1)(C1CCCCC1)C1CCCCC1. The molecule has 0 aliphatic heterocycles. The quantitative estimate of drug-likeness (QED) is 0.249. The Hall–Kier alpha value is 0.0800. The maximum atomic E-state index is 2.95. The van der Waals surface area contributed by atoms with Crippen molar-refractivity contribution in [3.63, 3.8) is 0 Å². The Morgan fingerprint density at radius 1 is 0.250 bits per heavy atom. The molecule has 0 unspecified atom stereocenters. The van der Waals surface area contributed by atoms with E-state index in [0.29, 0.717) is 0 Å². The molecule has 0 saturated heterocycles. The first kappa shape index (κ1) is 32.6. The van der Waals surface area contributed by atoms with Crippen LogP contribution in [-0.4, -0.2) is 34.0 Å². The van der Waals surface area contributed by atoms with Gasteiger partial charge in [-0.25, -0.2) is 0 Å². The van der Waals surface area contributed by atoms with Crippen molar-refractivity contribution in [1.29, 1.82) is 0 Å². The zero-order chi connectivity index (χ0) is 29.7. The molecule has 0 radical (unpaired) electrons. The van der Waals surface area contributed by atoms with Crippen molar-refractivity contribution in [2.24, 2.45) is 0 Å². The van der Waals surface area contributed by atoms with Crippen molar-refractivity contribution in [3.05, 3.63) is 24.3 Å². The minimum atomic E-state index is -1.65. The Kier molecular flexibility index (Phi) is 11.5. The number of hydrogen-bond acceptors (Lipinski definition) is 0. The molecule has 250 valence electrons. The molecule has 6 saturated carbocycles. The fraction of sp³-hybridized carbons (Fsp3) is 0.857. The summed E-state index contributed by atoms with van der Waals surface area (Å²) in [6.07, 6.45) is 46.7. The van der Waals surface area contributed by atoms with E-state index in [2.05, 4.69) is 24.3 Å². The third-order valence-electron chi connectivity index (χ3n) is 15.6. The van der Waals surface area contributed by atoms with E-state index in [1.54, 1.807) is 77.0 Å². The van der Waals surface area contributed by atoms with E-state index in [9.17, 15) is 0 Å². The summed E-state index contributed by atoms with van der Waals surface area (Å²) in [5.41, 5.74) is 6.53. The predicted octanol–water partition coefficient (Wildman–Crippen LogP) is 12.4. The second-order valence-corrected chi connectivity index (χ2v) is 27.2. The summed E-state index contributed by atoms with van der Waals surface area (Å²) in [5.74, 6) is 0. The van der Waals surface area contributed by atoms with E-state index in [1.807, 2.05) is 10.6 Å². The van der Waals surface area contributed by atoms with Crippen LogP contribution in [-0.2, 0) is 0 Å². The third-order valence-corrected chi connectivity index (χ3v) is 29.8. The molecule has 44 heavy (non-hydrogen) atoms. The molecule has 0 nitrogen and oxygen atoms in total. The van der Waals surface area contributed by atoms with E-state index < -0.39 is 14.5 Å². The van der Waals surface area contributed by atoms with E-state index >= 15 is 0 Å². The summed E-state index contributed by atoms with van der Waals surface area (Å²) in [7, 11) is -3.31. The first-order valence-electron chi connectivity index (χ1n) is 21.0. The van der Waals surface area contributed by atoms with Crippen molar-refractivity contribution >= 4 is 25.1 Å². The van der Waals surface area contributed by atoms with Gasteiger partial charge in [-0.2, -0.15) is 0 Å². The molecule has 0 amide bonds. The maximum absolute atomic E-state index is 2.95. The van der Waals surface area contributed by atoms with Gasteiger partial charge in [0.1, 0.15) is 0 Å². The second-order valence-electron chi connectivity index (χ2n) is 17.5. The Morgan fingerprint density at radius 3 is 0.568 bits per heavy atom. The molecule has 1 aromatic carbocycles. The van der Waals surface area contributed by atoms with Gasteiger partial charge in [0.25, 0.3) is 0 Å². The standard InChI is InChI=1S/C42H72P2/c1-7-19-35(20-8-1)43(36-21-9-2-10-22-36,37-23-11-3-12-24-37)41-31-33-42(34-32-41)44(38-25-13-4-14-26-38,39-27-15-5-16-28-39)40-29-17-6-18-30-40/h31-40,43-44H,1-30H2. The Labute approximate surface area is 275 Å². The van der Waals surface area contributed by atoms with E-state index in [0.717, 1.165) is 34.0 Å². The van der Waals surface area contributed by atoms with Gasteiger partial charge in [-0.1, -0.05) is 0 Å². The summed E-state index contributed by atoms with van der Waals surface area (Å²) in [5, 5.41) is 4.01. The molecule has 0 bridgehead atoms. The zero-order valence-electron chi connectivity index (χ0n) is 29.0. The van der Waals surface area contributed by atoms with Crippen LogP contribution in [0.4, 0.5) is 0 Å². The molecule has 0 N–H and O–H groups in total. The van der Waals surface area contributed by atoms with Gasteiger partial charge in [0, 0.05) is 0 Å². The molecule has 1 aromatic rings. The molecule has 0 atom stereocenters. The van der Waals surface area contributed by atoms with Gasteiger partial charge in [-0.05, 0) is 0 Å². The Morgan fingerprint density at radius 2 is 0.409 bits per heavy atom. The molecule has 6 aliphatic rings. The van der Waals surface area contributed by atoms with Gasteiger partial charge >= 0.3 is 276 Å². The molecule has 0 spiro atoms. The summed E-state index contributed by atoms with van der Waals surface area (Å²) >= 11 is 0. The molecule has 6 fully saturated rings. The normalized spacial score (nSPS) is 28.2. The van der Waals surface area contributed by atoms with Gasteiger partial charge in [-0.3, -0.25) is 0 Å². The van der Waals surface area contributed by atoms with Crippen LogP contribution in [0.5, 0.6) is 0 Å². The van der Waals surface area contributed by atoms with Crippen LogP contribution in [0.15, 0.2) is 24.3 Å². The molecular formula is C42H72P2. The first-order valence-corrected chi connectivity index (χ1v) is 25.4. The molecule has 0 heterocycles. The van der Waals surface area contributed by atoms with Crippen LogP contribution in [0.2, 0.25) is 0 Å². The van der Waals surface area contributed by atoms with Gasteiger partial charge in [0.2, 0.25) is 0 Å². The van der Waals surface area contributed by atoms with E-state index in [1.165, 1.54) is 116 Å². The summed E-state index contributed by atoms with van der Waals surface area (Å²) in [6, 6.07) is 11.8. The zero-order valence-corrected chi connectivity index (χ0v) is 31.0. The fourth-order valence-electron chi connectivity index (χ4n) is 13.9. The van der Waals surface area contributed by atoms with Crippen LogP contribution in [0.3, 0.4) is 0 Å². The van der Waals surface area contributed by atoms with Crippen molar-refractivity contribution in [1.82, 2.24) is 0 Å². The van der Waals surface area contributed by atoms with Crippen LogP contribution >= 0.6 is 14.5 Å². The van der Waals surface area contributed by atoms with Gasteiger partial charge in [0.15, 0.2) is 0 Å². The van der Waals surface area contributed by atoms with E-state index in [4.69, 9.17) is 0 Å². The first-order chi connectivity index (χ1) is 21.8. The monoisotopic (exact) mass is 639 g/mol. The van der Waals surface area contributed by atoms with Crippen LogP contribution in [0.25, 0.3) is 0 Å². The van der Waals surface area contributed by atoms with Crippen LogP contribution in [0.1, 0.15) is 193 Å². The van der Waals surface area contributed by atoms with Crippen LogP contribution < -0.4 is 10.6 Å². The van der Waals surface area contributed by atoms with E-state index in [-0.39, 0.29) is 0 Å². The molecule has 7 rings (SSSR count). The molecule has 6 aliphatic carbocycles. The Balaban J connectivity index is 1.34. The van der Waals surface area contributed by atoms with Crippen LogP contribution in [0, 0.1) is 0 Å². The number of benzene rings is 1. The molecular weight excluding hydrogens is 566 g/mol. The average molecular weight is 639 g/mol. The molecule has 2 heteroatoms. The summed E-state index contributed by atoms with van der Waals surface area (Å²) in [6.45, 7) is 0. The number of rotatable bonds is 8. The predicted molar refractivity (Wildman–Crippen MR) is 204 cm³/mol.